The highest BCUT2D eigenvalue weighted by atomic mass is 16.7. The Labute approximate surface area is 542 Å². The van der Waals surface area contributed by atoms with Crippen LogP contribution < -0.4 is 5.11 Å². The SMILES string of the molecule is CC/C=C\C/C=C\C/C=C\C/C=C\C/C=C\C/C=C\C/C=C\C/C=C\C/C=C\C/C=C\C/C=C\C/C=C\CCCCC(=O)OC(COC(=O)CCCCC/C=C\C/C=C\C/C=C\C/C=C\C/C=C\C/C=C\C/C=C\CC)COC(OCC[N+](C)(C)C)C(=O)[O-]. The number of quaternary nitrogens is 1. The molecular formula is C80H119NO8. The number of ether oxygens (including phenoxy) is 4. The smallest absolute Gasteiger partial charge is 0.306 e. The molecule has 0 amide bonds. The molecule has 0 bridgehead atoms. The molecule has 89 heavy (non-hydrogen) atoms. The number of carboxylic acid groups (broad SMARTS) is 1. The van der Waals surface area contributed by atoms with E-state index in [-0.39, 0.29) is 32.7 Å². The van der Waals surface area contributed by atoms with E-state index >= 15 is 0 Å². The van der Waals surface area contributed by atoms with Crippen LogP contribution in [-0.2, 0) is 33.3 Å². The van der Waals surface area contributed by atoms with Gasteiger partial charge in [0.25, 0.3) is 0 Å². The Kier molecular flexibility index (Phi) is 62.3. The predicted octanol–water partition coefficient (Wildman–Crippen LogP) is 19.8. The summed E-state index contributed by atoms with van der Waals surface area (Å²) in [6.45, 7) is 4.38. The number of carbonyl (C=O) groups is 3. The maximum absolute atomic E-state index is 12.9. The fourth-order valence-corrected chi connectivity index (χ4v) is 7.85. The van der Waals surface area contributed by atoms with Gasteiger partial charge in [0.2, 0.25) is 0 Å². The lowest BCUT2D eigenvalue weighted by Crippen LogP contribution is -2.44. The molecule has 0 spiro atoms. The molecule has 0 heterocycles. The van der Waals surface area contributed by atoms with Crippen LogP contribution in [0, 0.1) is 0 Å². The molecule has 0 radical (unpaired) electrons. The number of allylic oxidation sites excluding steroid dienone is 38. The molecule has 0 aromatic rings. The Morgan fingerprint density at radius 3 is 0.899 bits per heavy atom. The molecule has 0 N–H and O–H groups in total. The molecule has 492 valence electrons. The van der Waals surface area contributed by atoms with Crippen molar-refractivity contribution in [3.8, 4) is 0 Å². The summed E-state index contributed by atoms with van der Waals surface area (Å²) in [5.74, 6) is -2.42. The average molecular weight is 1220 g/mol. The number of carbonyl (C=O) groups excluding carboxylic acids is 3. The maximum atomic E-state index is 12.9. The molecule has 0 aliphatic heterocycles. The van der Waals surface area contributed by atoms with Crippen LogP contribution in [0.5, 0.6) is 0 Å². The second-order valence-electron chi connectivity index (χ2n) is 22.3. The van der Waals surface area contributed by atoms with Crippen LogP contribution in [0.3, 0.4) is 0 Å². The molecule has 0 saturated carbocycles. The van der Waals surface area contributed by atoms with Crippen molar-refractivity contribution in [2.45, 2.75) is 206 Å². The number of carboxylic acids is 1. The van der Waals surface area contributed by atoms with Crippen LogP contribution in [-0.4, -0.2) is 82.3 Å². The van der Waals surface area contributed by atoms with E-state index in [0.29, 0.717) is 23.9 Å². The summed E-state index contributed by atoms with van der Waals surface area (Å²) in [7, 11) is 5.88. The first-order valence-electron chi connectivity index (χ1n) is 33.5. The number of aliphatic carboxylic acids is 1. The van der Waals surface area contributed by atoms with E-state index in [9.17, 15) is 19.5 Å². The predicted molar refractivity (Wildman–Crippen MR) is 379 cm³/mol. The van der Waals surface area contributed by atoms with E-state index in [0.717, 1.165) is 154 Å². The van der Waals surface area contributed by atoms with Crippen LogP contribution in [0.4, 0.5) is 0 Å². The third-order valence-electron chi connectivity index (χ3n) is 12.9. The Morgan fingerprint density at radius 1 is 0.337 bits per heavy atom. The van der Waals surface area contributed by atoms with Crippen molar-refractivity contribution in [2.24, 2.45) is 0 Å². The summed E-state index contributed by atoms with van der Waals surface area (Å²) in [4.78, 5) is 37.4. The second-order valence-corrected chi connectivity index (χ2v) is 22.3. The van der Waals surface area contributed by atoms with Crippen LogP contribution in [0.1, 0.15) is 194 Å². The van der Waals surface area contributed by atoms with Crippen molar-refractivity contribution in [1.82, 2.24) is 0 Å². The number of unbranched alkanes of at least 4 members (excludes halogenated alkanes) is 5. The number of rotatable bonds is 58. The van der Waals surface area contributed by atoms with E-state index < -0.39 is 30.3 Å². The maximum Gasteiger partial charge on any atom is 0.306 e. The molecule has 2 unspecified atom stereocenters. The largest absolute Gasteiger partial charge is 0.545 e. The number of esters is 2. The van der Waals surface area contributed by atoms with E-state index in [1.165, 1.54) is 0 Å². The Morgan fingerprint density at radius 2 is 0.607 bits per heavy atom. The summed E-state index contributed by atoms with van der Waals surface area (Å²) in [5.41, 5.74) is 0. The van der Waals surface area contributed by atoms with Gasteiger partial charge in [0, 0.05) is 12.8 Å². The van der Waals surface area contributed by atoms with Gasteiger partial charge in [-0.05, 0) is 161 Å². The van der Waals surface area contributed by atoms with Crippen molar-refractivity contribution in [2.75, 3.05) is 47.5 Å². The lowest BCUT2D eigenvalue weighted by Gasteiger charge is -2.26. The van der Waals surface area contributed by atoms with Crippen LogP contribution in [0.25, 0.3) is 0 Å². The van der Waals surface area contributed by atoms with Crippen LogP contribution in [0.15, 0.2) is 231 Å². The van der Waals surface area contributed by atoms with E-state index in [1.54, 1.807) is 0 Å². The first kappa shape index (κ1) is 82.4. The van der Waals surface area contributed by atoms with Gasteiger partial charge >= 0.3 is 11.9 Å². The van der Waals surface area contributed by atoms with Gasteiger partial charge in [0.05, 0.1) is 40.3 Å². The Balaban J connectivity index is 4.39. The normalized spacial score (nSPS) is 14.2. The van der Waals surface area contributed by atoms with Gasteiger partial charge in [0.1, 0.15) is 13.2 Å². The zero-order chi connectivity index (χ0) is 64.7. The summed E-state index contributed by atoms with van der Waals surface area (Å²) in [6.07, 6.45) is 105. The van der Waals surface area contributed by atoms with Crippen LogP contribution >= 0.6 is 0 Å². The van der Waals surface area contributed by atoms with Crippen molar-refractivity contribution in [1.29, 1.82) is 0 Å². The molecule has 0 fully saturated rings. The third-order valence-corrected chi connectivity index (χ3v) is 12.9. The van der Waals surface area contributed by atoms with Crippen molar-refractivity contribution < 1.29 is 42.9 Å². The highest BCUT2D eigenvalue weighted by Crippen LogP contribution is 2.11. The molecule has 0 aliphatic rings. The lowest BCUT2D eigenvalue weighted by atomic mass is 10.1. The lowest BCUT2D eigenvalue weighted by molar-refractivity contribution is -0.870. The molecular weight excluding hydrogens is 1100 g/mol. The third kappa shape index (κ3) is 68.7. The van der Waals surface area contributed by atoms with Gasteiger partial charge in [0.15, 0.2) is 12.4 Å². The van der Waals surface area contributed by atoms with E-state index in [4.69, 9.17) is 18.9 Å². The summed E-state index contributed by atoms with van der Waals surface area (Å²) in [6, 6.07) is 0. The minimum atomic E-state index is -1.66. The van der Waals surface area contributed by atoms with Gasteiger partial charge in [-0.15, -0.1) is 0 Å². The molecule has 0 aromatic carbocycles. The molecule has 0 aromatic heterocycles. The number of hydrogen-bond acceptors (Lipinski definition) is 8. The zero-order valence-corrected chi connectivity index (χ0v) is 55.9. The van der Waals surface area contributed by atoms with Gasteiger partial charge in [-0.3, -0.25) is 9.59 Å². The second kappa shape index (κ2) is 67.3. The summed E-state index contributed by atoms with van der Waals surface area (Å²) in [5, 5.41) is 11.8. The molecule has 9 heteroatoms. The fourth-order valence-electron chi connectivity index (χ4n) is 7.85. The summed E-state index contributed by atoms with van der Waals surface area (Å²) >= 11 is 0. The molecule has 9 nitrogen and oxygen atoms in total. The number of nitrogens with zero attached hydrogens (tertiary/aromatic N) is 1. The minimum Gasteiger partial charge on any atom is -0.545 e. The highest BCUT2D eigenvalue weighted by molar-refractivity contribution is 5.70. The first-order valence-corrected chi connectivity index (χ1v) is 33.5. The Hall–Kier alpha value is -6.65. The van der Waals surface area contributed by atoms with Gasteiger partial charge < -0.3 is 33.3 Å². The van der Waals surface area contributed by atoms with Gasteiger partial charge in [-0.2, -0.15) is 0 Å². The van der Waals surface area contributed by atoms with Gasteiger partial charge in [-0.1, -0.05) is 251 Å². The molecule has 2 atom stereocenters. The average Bonchev–Trinajstić information content (AvgIpc) is 3.64. The highest BCUT2D eigenvalue weighted by Gasteiger charge is 2.22. The number of likely N-dealkylation sites (N-methyl/N-ethyl adjacent to an activating group) is 1. The van der Waals surface area contributed by atoms with Crippen molar-refractivity contribution in [3.63, 3.8) is 0 Å². The standard InChI is InChI=1S/C80H119NO8/c1-6-8-10-12-14-16-18-20-22-24-26-28-30-32-33-34-35-36-37-38-39-40-41-42-43-44-45-47-49-51-53-55-57-59-61-63-65-67-69-71-78(83)89-76(75-88-80(79(84)85)86-73-72-81(3,4)5)74-87-77(82)70-68-66-64-62-60-58-56-54-52-50-48-46-31-29-27-25-23-21-19-17-15-13-11-9-7-2/h8-11,14-17,20-23,26-29,32-33,35-36,38-39,41-42,44-46,48-49,51-52,54-55,57-58,60-61,63,76,80H,6-7,12-13,18-19,24-25,30-31,34,37,40,43,47,50,53,56,59,62,64-75H2,1-5H3/b10-8-,11-9-,16-14-,17-15-,22-20-,23-21-,28-26-,29-27-,33-32-,36-35-,39-38-,42-41-,45-44-,48-46-,51-49-,54-52-,57-55-,60-58-,63-61-. The van der Waals surface area contributed by atoms with Gasteiger partial charge in [-0.25, -0.2) is 0 Å². The van der Waals surface area contributed by atoms with Crippen LogP contribution in [0.2, 0.25) is 0 Å². The quantitative estimate of drug-likeness (QED) is 0.0195. The molecule has 0 rings (SSSR count). The fraction of sp³-hybridized carbons (Fsp3) is 0.487. The molecule has 0 aliphatic carbocycles. The zero-order valence-electron chi connectivity index (χ0n) is 55.9. The molecule has 0 saturated heterocycles. The van der Waals surface area contributed by atoms with Crippen molar-refractivity contribution >= 4 is 17.9 Å². The van der Waals surface area contributed by atoms with E-state index in [2.05, 4.69) is 245 Å². The summed E-state index contributed by atoms with van der Waals surface area (Å²) < 4.78 is 22.6. The first-order chi connectivity index (χ1) is 43.6. The van der Waals surface area contributed by atoms with Crippen molar-refractivity contribution in [3.05, 3.63) is 231 Å². The van der Waals surface area contributed by atoms with E-state index in [1.807, 2.05) is 21.1 Å². The minimum absolute atomic E-state index is 0.119. The monoisotopic (exact) mass is 1220 g/mol. The Bertz CT molecular complexity index is 2310. The number of hydrogen-bond donors (Lipinski definition) is 0. The topological polar surface area (TPSA) is 111 Å².